The summed E-state index contributed by atoms with van der Waals surface area (Å²) < 4.78 is 0. The lowest BCUT2D eigenvalue weighted by Gasteiger charge is -2.17. The van der Waals surface area contributed by atoms with Crippen LogP contribution in [-0.2, 0) is 11.3 Å². The van der Waals surface area contributed by atoms with E-state index in [-0.39, 0.29) is 11.7 Å². The van der Waals surface area contributed by atoms with Crippen LogP contribution < -0.4 is 0 Å². The van der Waals surface area contributed by atoms with Crippen molar-refractivity contribution in [3.63, 3.8) is 0 Å². The van der Waals surface area contributed by atoms with Gasteiger partial charge in [0, 0.05) is 17.5 Å². The number of nitrogens with zero attached hydrogens (tertiary/aromatic N) is 1. The molecule has 0 heterocycles. The van der Waals surface area contributed by atoms with Crippen LogP contribution in [0.5, 0.6) is 0 Å². The van der Waals surface area contributed by atoms with Crippen molar-refractivity contribution in [2.24, 2.45) is 5.92 Å². The molecule has 0 atom stereocenters. The summed E-state index contributed by atoms with van der Waals surface area (Å²) in [5.41, 5.74) is 1.13. The first-order chi connectivity index (χ1) is 7.49. The highest BCUT2D eigenvalue weighted by atomic mass is 35.5. The maximum Gasteiger partial charge on any atom is 0.149 e. The van der Waals surface area contributed by atoms with Gasteiger partial charge in [-0.1, -0.05) is 37.6 Å². The molecule has 0 saturated heterocycles. The van der Waals surface area contributed by atoms with Crippen molar-refractivity contribution in [2.75, 3.05) is 13.6 Å². The number of ketones is 1. The molecule has 88 valence electrons. The fourth-order valence-corrected chi connectivity index (χ4v) is 1.66. The molecular weight excluding hydrogens is 222 g/mol. The number of carbonyl (C=O) groups excluding carboxylic acids is 1. The highest BCUT2D eigenvalue weighted by Gasteiger charge is 2.10. The molecule has 0 aliphatic carbocycles. The van der Waals surface area contributed by atoms with Gasteiger partial charge in [-0.3, -0.25) is 9.69 Å². The van der Waals surface area contributed by atoms with Crippen LogP contribution in [0.2, 0.25) is 5.02 Å². The predicted molar refractivity (Wildman–Crippen MR) is 67.6 cm³/mol. The van der Waals surface area contributed by atoms with Gasteiger partial charge in [-0.2, -0.15) is 0 Å². The Kier molecular flexibility index (Phi) is 4.97. The molecule has 0 radical (unpaired) electrons. The summed E-state index contributed by atoms with van der Waals surface area (Å²) in [5, 5.41) is 0.737. The van der Waals surface area contributed by atoms with Crippen molar-refractivity contribution < 1.29 is 4.79 Å². The summed E-state index contributed by atoms with van der Waals surface area (Å²) in [5.74, 6) is 0.367. The van der Waals surface area contributed by atoms with Crippen molar-refractivity contribution in [3.8, 4) is 0 Å². The van der Waals surface area contributed by atoms with Crippen LogP contribution in [0.25, 0.3) is 0 Å². The zero-order valence-electron chi connectivity index (χ0n) is 10.0. The molecule has 0 saturated carbocycles. The molecule has 0 fully saturated rings. The standard InChI is InChI=1S/C13H18ClNO/c1-10(2)13(16)9-15(3)8-11-5-4-6-12(14)7-11/h4-7,10H,8-9H2,1-3H3. The zero-order chi connectivity index (χ0) is 12.1. The highest BCUT2D eigenvalue weighted by molar-refractivity contribution is 6.30. The van der Waals surface area contributed by atoms with E-state index in [1.807, 2.05) is 50.1 Å². The van der Waals surface area contributed by atoms with Crippen molar-refractivity contribution in [3.05, 3.63) is 34.9 Å². The quantitative estimate of drug-likeness (QED) is 0.787. The van der Waals surface area contributed by atoms with Crippen molar-refractivity contribution in [1.29, 1.82) is 0 Å². The SMILES string of the molecule is CC(C)C(=O)CN(C)Cc1cccc(Cl)c1. The van der Waals surface area contributed by atoms with Gasteiger partial charge in [-0.25, -0.2) is 0 Å². The van der Waals surface area contributed by atoms with Gasteiger partial charge in [0.05, 0.1) is 6.54 Å². The van der Waals surface area contributed by atoms with Gasteiger partial charge < -0.3 is 0 Å². The van der Waals surface area contributed by atoms with Crippen LogP contribution in [0.3, 0.4) is 0 Å². The second-order valence-electron chi connectivity index (χ2n) is 4.42. The number of benzene rings is 1. The molecule has 1 rings (SSSR count). The normalized spacial score (nSPS) is 11.1. The number of hydrogen-bond acceptors (Lipinski definition) is 2. The van der Waals surface area contributed by atoms with E-state index in [0.29, 0.717) is 6.54 Å². The van der Waals surface area contributed by atoms with E-state index in [2.05, 4.69) is 0 Å². The number of Topliss-reactive ketones (excluding diaryl/α,β-unsaturated/α-hetero) is 1. The number of rotatable bonds is 5. The third kappa shape index (κ3) is 4.33. The first kappa shape index (κ1) is 13.2. The summed E-state index contributed by atoms with van der Waals surface area (Å²) in [6.07, 6.45) is 0. The minimum absolute atomic E-state index is 0.0989. The van der Waals surface area contributed by atoms with Crippen LogP contribution in [0.15, 0.2) is 24.3 Å². The molecule has 0 aliphatic heterocycles. The van der Waals surface area contributed by atoms with Crippen LogP contribution in [-0.4, -0.2) is 24.3 Å². The molecular formula is C13H18ClNO. The Morgan fingerprint density at radius 2 is 2.12 bits per heavy atom. The van der Waals surface area contributed by atoms with E-state index in [4.69, 9.17) is 11.6 Å². The lowest BCUT2D eigenvalue weighted by atomic mass is 10.1. The second-order valence-corrected chi connectivity index (χ2v) is 4.86. The Morgan fingerprint density at radius 1 is 1.44 bits per heavy atom. The molecule has 0 bridgehead atoms. The zero-order valence-corrected chi connectivity index (χ0v) is 10.8. The van der Waals surface area contributed by atoms with E-state index in [1.54, 1.807) is 0 Å². The van der Waals surface area contributed by atoms with Crippen LogP contribution in [0.4, 0.5) is 0 Å². The minimum Gasteiger partial charge on any atom is -0.298 e. The Hall–Kier alpha value is -0.860. The third-order valence-corrected chi connectivity index (χ3v) is 2.65. The number of halogens is 1. The summed E-state index contributed by atoms with van der Waals surface area (Å²) >= 11 is 5.90. The van der Waals surface area contributed by atoms with Crippen molar-refractivity contribution in [1.82, 2.24) is 4.90 Å². The fraction of sp³-hybridized carbons (Fsp3) is 0.462. The van der Waals surface area contributed by atoms with Crippen LogP contribution >= 0.6 is 11.6 Å². The van der Waals surface area contributed by atoms with E-state index < -0.39 is 0 Å². The maximum absolute atomic E-state index is 11.5. The van der Waals surface area contributed by atoms with Gasteiger partial charge in [-0.15, -0.1) is 0 Å². The summed E-state index contributed by atoms with van der Waals surface area (Å²) in [6.45, 7) is 5.09. The lowest BCUT2D eigenvalue weighted by molar-refractivity contribution is -0.122. The van der Waals surface area contributed by atoms with Gasteiger partial charge in [0.1, 0.15) is 5.78 Å². The summed E-state index contributed by atoms with van der Waals surface area (Å²) in [6, 6.07) is 7.72. The van der Waals surface area contributed by atoms with E-state index in [0.717, 1.165) is 17.1 Å². The smallest absolute Gasteiger partial charge is 0.149 e. The summed E-state index contributed by atoms with van der Waals surface area (Å²) in [4.78, 5) is 13.6. The lowest BCUT2D eigenvalue weighted by Crippen LogP contribution is -2.28. The number of likely N-dealkylation sites (N-methyl/N-ethyl adjacent to an activating group) is 1. The molecule has 2 nitrogen and oxygen atoms in total. The molecule has 0 aromatic heterocycles. The molecule has 3 heteroatoms. The topological polar surface area (TPSA) is 20.3 Å². The highest BCUT2D eigenvalue weighted by Crippen LogP contribution is 2.12. The first-order valence-corrected chi connectivity index (χ1v) is 5.82. The van der Waals surface area contributed by atoms with Crippen molar-refractivity contribution >= 4 is 17.4 Å². The Morgan fingerprint density at radius 3 is 2.69 bits per heavy atom. The predicted octanol–water partition coefficient (Wildman–Crippen LogP) is 3.00. The molecule has 0 spiro atoms. The van der Waals surface area contributed by atoms with Crippen LogP contribution in [0, 0.1) is 5.92 Å². The summed E-state index contributed by atoms with van der Waals surface area (Å²) in [7, 11) is 1.95. The largest absolute Gasteiger partial charge is 0.298 e. The fourth-order valence-electron chi connectivity index (χ4n) is 1.45. The number of carbonyl (C=O) groups is 1. The molecule has 1 aromatic carbocycles. The molecule has 16 heavy (non-hydrogen) atoms. The minimum atomic E-state index is 0.0989. The molecule has 1 aromatic rings. The van der Waals surface area contributed by atoms with Gasteiger partial charge >= 0.3 is 0 Å². The van der Waals surface area contributed by atoms with Crippen LogP contribution in [0.1, 0.15) is 19.4 Å². The van der Waals surface area contributed by atoms with Crippen molar-refractivity contribution in [2.45, 2.75) is 20.4 Å². The van der Waals surface area contributed by atoms with E-state index in [9.17, 15) is 4.79 Å². The van der Waals surface area contributed by atoms with E-state index >= 15 is 0 Å². The molecule has 0 amide bonds. The average Bonchev–Trinajstić information content (AvgIpc) is 2.16. The average molecular weight is 240 g/mol. The molecule has 0 unspecified atom stereocenters. The van der Waals surface area contributed by atoms with Gasteiger partial charge in [0.2, 0.25) is 0 Å². The molecule has 0 aliphatic rings. The van der Waals surface area contributed by atoms with Gasteiger partial charge in [0.25, 0.3) is 0 Å². The Bertz CT molecular complexity index is 363. The number of hydrogen-bond donors (Lipinski definition) is 0. The third-order valence-electron chi connectivity index (χ3n) is 2.41. The Balaban J connectivity index is 2.51. The van der Waals surface area contributed by atoms with Gasteiger partial charge in [-0.05, 0) is 24.7 Å². The van der Waals surface area contributed by atoms with E-state index in [1.165, 1.54) is 0 Å². The maximum atomic E-state index is 11.5. The first-order valence-electron chi connectivity index (χ1n) is 5.44. The second kappa shape index (κ2) is 6.02. The monoisotopic (exact) mass is 239 g/mol. The Labute approximate surface area is 102 Å². The van der Waals surface area contributed by atoms with Gasteiger partial charge in [0.15, 0.2) is 0 Å². The molecule has 0 N–H and O–H groups in total.